The van der Waals surface area contributed by atoms with Gasteiger partial charge in [-0.05, 0) is 19.1 Å². The second kappa shape index (κ2) is 5.05. The Balaban J connectivity index is 2.32. The lowest BCUT2D eigenvalue weighted by molar-refractivity contribution is 0.0695. The minimum Gasteiger partial charge on any atom is -0.478 e. The molecule has 0 spiro atoms. The second-order valence-electron chi connectivity index (χ2n) is 3.71. The summed E-state index contributed by atoms with van der Waals surface area (Å²) in [7, 11) is 0. The van der Waals surface area contributed by atoms with Crippen LogP contribution in [0.25, 0.3) is 0 Å². The third kappa shape index (κ3) is 2.70. The molecule has 0 aliphatic carbocycles. The van der Waals surface area contributed by atoms with Gasteiger partial charge in [-0.25, -0.2) is 13.6 Å². The van der Waals surface area contributed by atoms with Crippen molar-refractivity contribution in [2.45, 2.75) is 13.5 Å². The van der Waals surface area contributed by atoms with E-state index in [2.05, 4.69) is 5.10 Å². The van der Waals surface area contributed by atoms with Crippen molar-refractivity contribution in [3.05, 3.63) is 41.7 Å². The van der Waals surface area contributed by atoms with Crippen molar-refractivity contribution in [3.8, 4) is 11.5 Å². The molecule has 0 fully saturated rings. The van der Waals surface area contributed by atoms with Crippen LogP contribution in [0.2, 0.25) is 0 Å². The van der Waals surface area contributed by atoms with Gasteiger partial charge in [0.25, 0.3) is 0 Å². The smallest absolute Gasteiger partial charge is 0.335 e. The van der Waals surface area contributed by atoms with Crippen molar-refractivity contribution in [2.75, 3.05) is 0 Å². The van der Waals surface area contributed by atoms with Crippen LogP contribution in [0.3, 0.4) is 0 Å². The Morgan fingerprint density at radius 2 is 2.05 bits per heavy atom. The van der Waals surface area contributed by atoms with Crippen LogP contribution in [0.4, 0.5) is 8.78 Å². The van der Waals surface area contributed by atoms with Crippen LogP contribution in [0.5, 0.6) is 11.5 Å². The van der Waals surface area contributed by atoms with Crippen molar-refractivity contribution in [3.63, 3.8) is 0 Å². The van der Waals surface area contributed by atoms with Gasteiger partial charge in [0.05, 0.1) is 18.0 Å². The van der Waals surface area contributed by atoms with Crippen LogP contribution in [-0.2, 0) is 6.54 Å². The van der Waals surface area contributed by atoms with E-state index >= 15 is 0 Å². The first kappa shape index (κ1) is 13.0. The number of hydrogen-bond donors (Lipinski definition) is 1. The summed E-state index contributed by atoms with van der Waals surface area (Å²) < 4.78 is 33.7. The summed E-state index contributed by atoms with van der Waals surface area (Å²) in [5, 5.41) is 12.6. The summed E-state index contributed by atoms with van der Waals surface area (Å²) in [5.74, 6) is -4.06. The maximum atomic E-state index is 13.6. The molecule has 0 saturated carbocycles. The predicted octanol–water partition coefficient (Wildman–Crippen LogP) is 2.67. The fraction of sp³-hybridized carbons (Fsp3) is 0.167. The third-order valence-corrected chi connectivity index (χ3v) is 2.40. The Morgan fingerprint density at radius 1 is 1.42 bits per heavy atom. The molecule has 1 heterocycles. The monoisotopic (exact) mass is 268 g/mol. The zero-order chi connectivity index (χ0) is 14.0. The number of carboxylic acids is 1. The number of halogens is 2. The Bertz CT molecular complexity index is 602. The summed E-state index contributed by atoms with van der Waals surface area (Å²) >= 11 is 0. The van der Waals surface area contributed by atoms with Crippen LogP contribution in [-0.4, -0.2) is 20.9 Å². The summed E-state index contributed by atoms with van der Waals surface area (Å²) in [6.07, 6.45) is 2.79. The first-order valence-electron chi connectivity index (χ1n) is 5.44. The van der Waals surface area contributed by atoms with Crippen LogP contribution >= 0.6 is 0 Å². The molecule has 100 valence electrons. The lowest BCUT2D eigenvalue weighted by Crippen LogP contribution is -2.01. The van der Waals surface area contributed by atoms with Gasteiger partial charge in [0, 0.05) is 6.54 Å². The van der Waals surface area contributed by atoms with Crippen LogP contribution in [0.1, 0.15) is 17.3 Å². The lowest BCUT2D eigenvalue weighted by Gasteiger charge is -2.06. The highest BCUT2D eigenvalue weighted by Gasteiger charge is 2.17. The van der Waals surface area contributed by atoms with Crippen molar-refractivity contribution >= 4 is 5.97 Å². The molecule has 0 saturated heterocycles. The molecule has 0 amide bonds. The molecule has 19 heavy (non-hydrogen) atoms. The first-order chi connectivity index (χ1) is 9.01. The highest BCUT2D eigenvalue weighted by molar-refractivity contribution is 5.87. The molecule has 5 nitrogen and oxygen atoms in total. The molecule has 0 radical (unpaired) electrons. The van der Waals surface area contributed by atoms with E-state index in [0.717, 1.165) is 0 Å². The number of ether oxygens (including phenoxy) is 1. The predicted molar refractivity (Wildman–Crippen MR) is 61.3 cm³/mol. The van der Waals surface area contributed by atoms with E-state index in [1.54, 1.807) is 0 Å². The topological polar surface area (TPSA) is 64.3 Å². The van der Waals surface area contributed by atoms with Crippen molar-refractivity contribution in [1.82, 2.24) is 9.78 Å². The summed E-state index contributed by atoms with van der Waals surface area (Å²) in [5.41, 5.74) is -0.480. The standard InChI is InChI=1S/C12H10F2N2O3/c1-2-16-6-8(5-15-16)19-11-9(13)3-7(12(17)18)4-10(11)14/h3-6H,2H2,1H3,(H,17,18). The molecule has 0 bridgehead atoms. The van der Waals surface area contributed by atoms with Gasteiger partial charge in [-0.3, -0.25) is 4.68 Å². The molecule has 1 aromatic heterocycles. The molecule has 0 unspecified atom stereocenters. The van der Waals surface area contributed by atoms with Crippen LogP contribution in [0, 0.1) is 11.6 Å². The van der Waals surface area contributed by atoms with E-state index in [1.165, 1.54) is 17.1 Å². The molecule has 7 heteroatoms. The molecule has 2 rings (SSSR count). The maximum Gasteiger partial charge on any atom is 0.335 e. The van der Waals surface area contributed by atoms with E-state index in [0.29, 0.717) is 18.7 Å². The van der Waals surface area contributed by atoms with Crippen LogP contribution < -0.4 is 4.74 Å². The normalized spacial score (nSPS) is 10.5. The molecule has 0 atom stereocenters. The number of carboxylic acid groups (broad SMARTS) is 1. The Morgan fingerprint density at radius 3 is 2.53 bits per heavy atom. The number of aromatic carboxylic acids is 1. The lowest BCUT2D eigenvalue weighted by atomic mass is 10.2. The maximum absolute atomic E-state index is 13.6. The van der Waals surface area contributed by atoms with Gasteiger partial charge in [-0.1, -0.05) is 0 Å². The zero-order valence-corrected chi connectivity index (χ0v) is 9.93. The molecule has 2 aromatic rings. The minimum atomic E-state index is -1.41. The Kier molecular flexibility index (Phi) is 3.46. The SMILES string of the molecule is CCn1cc(Oc2c(F)cc(C(=O)O)cc2F)cn1. The number of nitrogens with zero attached hydrogens (tertiary/aromatic N) is 2. The largest absolute Gasteiger partial charge is 0.478 e. The highest BCUT2D eigenvalue weighted by Crippen LogP contribution is 2.28. The molecule has 0 aliphatic heterocycles. The summed E-state index contributed by atoms with van der Waals surface area (Å²) in [6.45, 7) is 2.44. The van der Waals surface area contributed by atoms with Gasteiger partial charge in [0.15, 0.2) is 23.1 Å². The first-order valence-corrected chi connectivity index (χ1v) is 5.44. The van der Waals surface area contributed by atoms with Crippen molar-refractivity contribution in [1.29, 1.82) is 0 Å². The van der Waals surface area contributed by atoms with E-state index in [4.69, 9.17) is 9.84 Å². The fourth-order valence-electron chi connectivity index (χ4n) is 1.47. The van der Waals surface area contributed by atoms with Crippen molar-refractivity contribution in [2.24, 2.45) is 0 Å². The average Bonchev–Trinajstić information content (AvgIpc) is 2.81. The second-order valence-corrected chi connectivity index (χ2v) is 3.71. The van der Waals surface area contributed by atoms with Crippen LogP contribution in [0.15, 0.2) is 24.5 Å². The van der Waals surface area contributed by atoms with Gasteiger partial charge >= 0.3 is 5.97 Å². The molecular weight excluding hydrogens is 258 g/mol. The van der Waals surface area contributed by atoms with Gasteiger partial charge < -0.3 is 9.84 Å². The third-order valence-electron chi connectivity index (χ3n) is 2.40. The summed E-state index contributed by atoms with van der Waals surface area (Å²) in [6, 6.07) is 1.40. The van der Waals surface area contributed by atoms with E-state index < -0.39 is 28.9 Å². The van der Waals surface area contributed by atoms with Crippen molar-refractivity contribution < 1.29 is 23.4 Å². The summed E-state index contributed by atoms with van der Waals surface area (Å²) in [4.78, 5) is 10.6. The van der Waals surface area contributed by atoms with Gasteiger partial charge in [-0.15, -0.1) is 0 Å². The zero-order valence-electron chi connectivity index (χ0n) is 9.93. The Labute approximate surface area is 107 Å². The fourth-order valence-corrected chi connectivity index (χ4v) is 1.47. The van der Waals surface area contributed by atoms with E-state index in [-0.39, 0.29) is 5.75 Å². The number of aromatic nitrogens is 2. The van der Waals surface area contributed by atoms with Gasteiger partial charge in [-0.2, -0.15) is 5.10 Å². The Hall–Kier alpha value is -2.44. The molecular formula is C12H10F2N2O3. The van der Waals surface area contributed by atoms with E-state index in [1.807, 2.05) is 6.92 Å². The quantitative estimate of drug-likeness (QED) is 0.925. The van der Waals surface area contributed by atoms with E-state index in [9.17, 15) is 13.6 Å². The molecule has 1 aromatic carbocycles. The highest BCUT2D eigenvalue weighted by atomic mass is 19.1. The molecule has 0 aliphatic rings. The minimum absolute atomic E-state index is 0.169. The number of benzene rings is 1. The molecule has 1 N–H and O–H groups in total. The van der Waals surface area contributed by atoms with Gasteiger partial charge in [0.2, 0.25) is 0 Å². The number of carbonyl (C=O) groups is 1. The number of aryl methyl sites for hydroxylation is 1. The number of hydrogen-bond acceptors (Lipinski definition) is 3. The van der Waals surface area contributed by atoms with Gasteiger partial charge in [0.1, 0.15) is 0 Å². The number of rotatable bonds is 4. The average molecular weight is 268 g/mol.